The van der Waals surface area contributed by atoms with Crippen LogP contribution in [0.2, 0.25) is 0 Å². The minimum Gasteiger partial charge on any atom is -0.385 e. The number of fused-ring (bicyclic) bond motifs is 2. The van der Waals surface area contributed by atoms with Gasteiger partial charge in [-0.25, -0.2) is 0 Å². The molecule has 3 aliphatic rings. The van der Waals surface area contributed by atoms with Crippen LogP contribution < -0.4 is 0 Å². The molecule has 2 aliphatic heterocycles. The van der Waals surface area contributed by atoms with E-state index in [2.05, 4.69) is 51.7 Å². The van der Waals surface area contributed by atoms with Crippen LogP contribution in [0.3, 0.4) is 0 Å². The van der Waals surface area contributed by atoms with Gasteiger partial charge in [0.25, 0.3) is 0 Å². The van der Waals surface area contributed by atoms with Gasteiger partial charge in [0.05, 0.1) is 6.10 Å². The van der Waals surface area contributed by atoms with Crippen molar-refractivity contribution < 1.29 is 9.84 Å². The molecule has 0 spiro atoms. The van der Waals surface area contributed by atoms with E-state index in [1.165, 1.54) is 12.8 Å². The van der Waals surface area contributed by atoms with Crippen LogP contribution in [0.15, 0.2) is 12.2 Å². The maximum atomic E-state index is 11.4. The van der Waals surface area contributed by atoms with E-state index in [0.717, 1.165) is 18.9 Å². The van der Waals surface area contributed by atoms with Gasteiger partial charge in [0, 0.05) is 18.0 Å². The molecule has 0 bridgehead atoms. The summed E-state index contributed by atoms with van der Waals surface area (Å²) in [7, 11) is 0. The number of rotatable bonds is 1. The Morgan fingerprint density at radius 2 is 1.95 bits per heavy atom. The highest BCUT2D eigenvalue weighted by Crippen LogP contribution is 2.48. The summed E-state index contributed by atoms with van der Waals surface area (Å²) in [6.45, 7) is 12.2. The molecule has 1 saturated heterocycles. The third kappa shape index (κ3) is 2.46. The molecule has 1 N–H and O–H groups in total. The molecule has 0 amide bonds. The zero-order valence-electron chi connectivity index (χ0n) is 14.9. The van der Waals surface area contributed by atoms with Crippen LogP contribution in [-0.4, -0.2) is 40.0 Å². The minimum absolute atomic E-state index is 0.0747. The van der Waals surface area contributed by atoms with Gasteiger partial charge in [-0.05, 0) is 44.9 Å². The highest BCUT2D eigenvalue weighted by molar-refractivity contribution is 5.11. The van der Waals surface area contributed by atoms with Crippen molar-refractivity contribution in [2.75, 3.05) is 6.54 Å². The molecular weight excluding hydrogens is 274 g/mol. The monoisotopic (exact) mass is 307 g/mol. The van der Waals surface area contributed by atoms with E-state index in [1.807, 2.05) is 0 Å². The molecule has 3 nitrogen and oxygen atoms in total. The molecule has 2 heterocycles. The van der Waals surface area contributed by atoms with Gasteiger partial charge in [-0.2, -0.15) is 0 Å². The third-order valence-corrected chi connectivity index (χ3v) is 6.63. The SMILES string of the molecule is CC(C)[C@@]1(O)CC=CCN2[C@H]1O[C@@H]1C[C@H](C)CC[C@H]1C2(C)C. The van der Waals surface area contributed by atoms with Crippen molar-refractivity contribution in [1.29, 1.82) is 0 Å². The minimum atomic E-state index is -0.796. The van der Waals surface area contributed by atoms with Crippen molar-refractivity contribution in [2.45, 2.75) is 83.8 Å². The second-order valence-corrected chi connectivity index (χ2v) is 8.68. The normalized spacial score (nSPS) is 45.2. The summed E-state index contributed by atoms with van der Waals surface area (Å²) in [5.74, 6) is 1.48. The average molecular weight is 307 g/mol. The van der Waals surface area contributed by atoms with Crippen LogP contribution in [0.25, 0.3) is 0 Å². The van der Waals surface area contributed by atoms with E-state index in [1.54, 1.807) is 0 Å². The van der Waals surface area contributed by atoms with Gasteiger partial charge in [0.1, 0.15) is 11.8 Å². The lowest BCUT2D eigenvalue weighted by molar-refractivity contribution is -0.290. The van der Waals surface area contributed by atoms with Gasteiger partial charge in [-0.15, -0.1) is 0 Å². The summed E-state index contributed by atoms with van der Waals surface area (Å²) in [5.41, 5.74) is -0.721. The molecule has 2 fully saturated rings. The van der Waals surface area contributed by atoms with E-state index in [4.69, 9.17) is 4.74 Å². The fourth-order valence-electron chi connectivity index (χ4n) is 4.84. The fourth-order valence-corrected chi connectivity index (χ4v) is 4.84. The number of nitrogens with zero attached hydrogens (tertiary/aromatic N) is 1. The summed E-state index contributed by atoms with van der Waals surface area (Å²) in [6.07, 6.45) is 8.83. The molecule has 3 rings (SSSR count). The highest BCUT2D eigenvalue weighted by Gasteiger charge is 2.56. The molecule has 3 heteroatoms. The van der Waals surface area contributed by atoms with Crippen LogP contribution in [0, 0.1) is 17.8 Å². The topological polar surface area (TPSA) is 32.7 Å². The van der Waals surface area contributed by atoms with Crippen molar-refractivity contribution in [2.24, 2.45) is 17.8 Å². The van der Waals surface area contributed by atoms with Crippen LogP contribution >= 0.6 is 0 Å². The second kappa shape index (κ2) is 5.61. The molecule has 0 aromatic rings. The molecule has 0 unspecified atom stereocenters. The van der Waals surface area contributed by atoms with Crippen LogP contribution in [0.5, 0.6) is 0 Å². The average Bonchev–Trinajstić information content (AvgIpc) is 2.60. The van der Waals surface area contributed by atoms with E-state index >= 15 is 0 Å². The first-order valence-corrected chi connectivity index (χ1v) is 9.06. The molecular formula is C19H33NO2. The largest absolute Gasteiger partial charge is 0.385 e. The van der Waals surface area contributed by atoms with Crippen molar-refractivity contribution in [3.63, 3.8) is 0 Å². The Bertz CT molecular complexity index is 445. The Labute approximate surface area is 135 Å². The summed E-state index contributed by atoms with van der Waals surface area (Å²) >= 11 is 0. The maximum absolute atomic E-state index is 11.4. The lowest BCUT2D eigenvalue weighted by atomic mass is 9.68. The Morgan fingerprint density at radius 1 is 1.23 bits per heavy atom. The van der Waals surface area contributed by atoms with Crippen LogP contribution in [0.4, 0.5) is 0 Å². The predicted molar refractivity (Wildman–Crippen MR) is 89.5 cm³/mol. The number of aliphatic hydroxyl groups is 1. The molecule has 0 radical (unpaired) electrons. The maximum Gasteiger partial charge on any atom is 0.141 e. The van der Waals surface area contributed by atoms with Gasteiger partial charge in [0.2, 0.25) is 0 Å². The van der Waals surface area contributed by atoms with Gasteiger partial charge in [0.15, 0.2) is 0 Å². The fraction of sp³-hybridized carbons (Fsp3) is 0.895. The Kier molecular flexibility index (Phi) is 4.20. The van der Waals surface area contributed by atoms with E-state index < -0.39 is 5.60 Å². The summed E-state index contributed by atoms with van der Waals surface area (Å²) in [5, 5.41) is 11.4. The molecule has 0 aromatic heterocycles. The molecule has 22 heavy (non-hydrogen) atoms. The highest BCUT2D eigenvalue weighted by atomic mass is 16.5. The lowest BCUT2D eigenvalue weighted by Crippen LogP contribution is -2.70. The van der Waals surface area contributed by atoms with Crippen LogP contribution in [0.1, 0.15) is 60.3 Å². The van der Waals surface area contributed by atoms with E-state index in [9.17, 15) is 5.11 Å². The molecule has 1 saturated carbocycles. The molecule has 126 valence electrons. The van der Waals surface area contributed by atoms with Gasteiger partial charge in [-0.3, -0.25) is 4.90 Å². The van der Waals surface area contributed by atoms with Gasteiger partial charge < -0.3 is 9.84 Å². The smallest absolute Gasteiger partial charge is 0.141 e. The lowest BCUT2D eigenvalue weighted by Gasteiger charge is -2.60. The predicted octanol–water partition coefficient (Wildman–Crippen LogP) is 3.58. The molecule has 0 aromatic carbocycles. The number of ether oxygens (including phenoxy) is 1. The van der Waals surface area contributed by atoms with E-state index in [-0.39, 0.29) is 17.7 Å². The zero-order chi connectivity index (χ0) is 16.1. The Morgan fingerprint density at radius 3 is 2.64 bits per heavy atom. The standard InChI is InChI=1S/C19H33NO2/c1-13(2)19(21)10-6-7-11-20-17(19)22-16-12-14(3)8-9-15(16)18(20,4)5/h6-7,13-17,21H,8-12H2,1-5H3/t14-,15-,16-,17+,19+/m1/s1. The number of hydrogen-bond donors (Lipinski definition) is 1. The van der Waals surface area contributed by atoms with Crippen molar-refractivity contribution in [1.82, 2.24) is 4.90 Å². The van der Waals surface area contributed by atoms with E-state index in [0.29, 0.717) is 18.4 Å². The second-order valence-electron chi connectivity index (χ2n) is 8.68. The Balaban J connectivity index is 1.97. The molecule has 1 aliphatic carbocycles. The van der Waals surface area contributed by atoms with Crippen molar-refractivity contribution in [3.8, 4) is 0 Å². The number of hydrogen-bond acceptors (Lipinski definition) is 3. The van der Waals surface area contributed by atoms with Crippen molar-refractivity contribution >= 4 is 0 Å². The van der Waals surface area contributed by atoms with Crippen LogP contribution in [-0.2, 0) is 4.74 Å². The zero-order valence-corrected chi connectivity index (χ0v) is 14.9. The summed E-state index contributed by atoms with van der Waals surface area (Å²) in [4.78, 5) is 2.42. The first kappa shape index (κ1) is 16.5. The Hall–Kier alpha value is -0.380. The quantitative estimate of drug-likeness (QED) is 0.752. The van der Waals surface area contributed by atoms with Gasteiger partial charge in [-0.1, -0.05) is 39.3 Å². The van der Waals surface area contributed by atoms with Crippen molar-refractivity contribution in [3.05, 3.63) is 12.2 Å². The molecule has 5 atom stereocenters. The summed E-state index contributed by atoms with van der Waals surface area (Å²) in [6, 6.07) is 0. The summed E-state index contributed by atoms with van der Waals surface area (Å²) < 4.78 is 6.59. The van der Waals surface area contributed by atoms with Gasteiger partial charge >= 0.3 is 0 Å². The first-order chi connectivity index (χ1) is 10.3. The third-order valence-electron chi connectivity index (χ3n) is 6.63. The first-order valence-electron chi connectivity index (χ1n) is 9.06.